The molecule has 1 amide bonds. The van der Waals surface area contributed by atoms with Crippen molar-refractivity contribution in [1.82, 2.24) is 10.2 Å². The van der Waals surface area contributed by atoms with Gasteiger partial charge < -0.3 is 10.2 Å². The molecule has 2 saturated heterocycles. The Morgan fingerprint density at radius 3 is 2.64 bits per heavy atom. The number of piperidine rings is 1. The smallest absolute Gasteiger partial charge is 0.222 e. The lowest BCUT2D eigenvalue weighted by Gasteiger charge is -2.23. The maximum atomic E-state index is 12.4. The standard InChI is InChI=1S/C19H28N2O/c22-19(7-6-16-8-11-20-12-9-16)21-13-10-18(15-21)14-17-4-2-1-3-5-17/h1-5,16,18,20H,6-15H2. The average Bonchev–Trinajstić information content (AvgIpc) is 3.03. The summed E-state index contributed by atoms with van der Waals surface area (Å²) >= 11 is 0. The number of hydrogen-bond acceptors (Lipinski definition) is 2. The molecule has 0 spiro atoms. The van der Waals surface area contributed by atoms with Crippen molar-refractivity contribution in [2.24, 2.45) is 11.8 Å². The number of nitrogens with one attached hydrogen (secondary N) is 1. The molecule has 120 valence electrons. The SMILES string of the molecule is O=C(CCC1CCNCC1)N1CCC(Cc2ccccc2)C1. The van der Waals surface area contributed by atoms with E-state index >= 15 is 0 Å². The summed E-state index contributed by atoms with van der Waals surface area (Å²) in [7, 11) is 0. The summed E-state index contributed by atoms with van der Waals surface area (Å²) in [5.41, 5.74) is 1.40. The lowest BCUT2D eigenvalue weighted by Crippen LogP contribution is -2.31. The van der Waals surface area contributed by atoms with Crippen LogP contribution in [0.25, 0.3) is 0 Å². The van der Waals surface area contributed by atoms with Crippen LogP contribution in [-0.4, -0.2) is 37.0 Å². The molecule has 1 aromatic rings. The minimum Gasteiger partial charge on any atom is -0.342 e. The molecule has 1 unspecified atom stereocenters. The molecular formula is C19H28N2O. The van der Waals surface area contributed by atoms with Crippen molar-refractivity contribution in [3.8, 4) is 0 Å². The Kier molecular flexibility index (Phi) is 5.49. The highest BCUT2D eigenvalue weighted by Crippen LogP contribution is 2.23. The molecular weight excluding hydrogens is 272 g/mol. The second kappa shape index (κ2) is 7.77. The molecule has 3 heteroatoms. The maximum Gasteiger partial charge on any atom is 0.222 e. The predicted octanol–water partition coefficient (Wildman–Crippen LogP) is 2.86. The average molecular weight is 300 g/mol. The minimum atomic E-state index is 0.383. The number of nitrogens with zero attached hydrogens (tertiary/aromatic N) is 1. The fourth-order valence-corrected chi connectivity index (χ4v) is 3.83. The van der Waals surface area contributed by atoms with Gasteiger partial charge in [0.25, 0.3) is 0 Å². The van der Waals surface area contributed by atoms with E-state index in [4.69, 9.17) is 0 Å². The molecule has 3 nitrogen and oxygen atoms in total. The van der Waals surface area contributed by atoms with Gasteiger partial charge in [0.15, 0.2) is 0 Å². The first kappa shape index (κ1) is 15.5. The lowest BCUT2D eigenvalue weighted by atomic mass is 9.93. The number of likely N-dealkylation sites (tertiary alicyclic amines) is 1. The van der Waals surface area contributed by atoms with E-state index in [0.29, 0.717) is 11.8 Å². The number of amides is 1. The number of hydrogen-bond donors (Lipinski definition) is 1. The Morgan fingerprint density at radius 2 is 1.86 bits per heavy atom. The molecule has 0 saturated carbocycles. The summed E-state index contributed by atoms with van der Waals surface area (Å²) in [5, 5.41) is 3.39. The summed E-state index contributed by atoms with van der Waals surface area (Å²) in [6.45, 7) is 4.17. The van der Waals surface area contributed by atoms with Crippen LogP contribution >= 0.6 is 0 Å². The summed E-state index contributed by atoms with van der Waals surface area (Å²) in [6, 6.07) is 10.7. The van der Waals surface area contributed by atoms with E-state index in [1.807, 2.05) is 0 Å². The number of carbonyl (C=O) groups excluding carboxylic acids is 1. The molecule has 2 aliphatic heterocycles. The van der Waals surface area contributed by atoms with Crippen LogP contribution < -0.4 is 5.32 Å². The van der Waals surface area contributed by atoms with Gasteiger partial charge in [0.1, 0.15) is 0 Å². The van der Waals surface area contributed by atoms with Gasteiger partial charge in [-0.3, -0.25) is 4.79 Å². The van der Waals surface area contributed by atoms with Crippen molar-refractivity contribution in [3.63, 3.8) is 0 Å². The highest BCUT2D eigenvalue weighted by atomic mass is 16.2. The quantitative estimate of drug-likeness (QED) is 0.907. The van der Waals surface area contributed by atoms with Crippen LogP contribution in [0.4, 0.5) is 0 Å². The van der Waals surface area contributed by atoms with Gasteiger partial charge in [-0.1, -0.05) is 30.3 Å². The van der Waals surface area contributed by atoms with Crippen LogP contribution in [0.2, 0.25) is 0 Å². The molecule has 0 aliphatic carbocycles. The number of carbonyl (C=O) groups is 1. The van der Waals surface area contributed by atoms with Crippen LogP contribution in [0.5, 0.6) is 0 Å². The summed E-state index contributed by atoms with van der Waals surface area (Å²) in [4.78, 5) is 14.5. The van der Waals surface area contributed by atoms with Gasteiger partial charge in [0.05, 0.1) is 0 Å². The van der Waals surface area contributed by atoms with Gasteiger partial charge in [-0.15, -0.1) is 0 Å². The van der Waals surface area contributed by atoms with Crippen molar-refractivity contribution in [1.29, 1.82) is 0 Å². The molecule has 22 heavy (non-hydrogen) atoms. The molecule has 1 atom stereocenters. The summed E-state index contributed by atoms with van der Waals surface area (Å²) < 4.78 is 0. The molecule has 1 aromatic carbocycles. The van der Waals surface area contributed by atoms with Crippen LogP contribution in [-0.2, 0) is 11.2 Å². The Bertz CT molecular complexity index is 468. The van der Waals surface area contributed by atoms with E-state index in [2.05, 4.69) is 40.5 Å². The minimum absolute atomic E-state index is 0.383. The van der Waals surface area contributed by atoms with Crippen LogP contribution in [0, 0.1) is 11.8 Å². The Balaban J connectivity index is 1.40. The molecule has 2 heterocycles. The van der Waals surface area contributed by atoms with Crippen molar-refractivity contribution >= 4 is 5.91 Å². The van der Waals surface area contributed by atoms with Gasteiger partial charge in [-0.05, 0) is 62.6 Å². The van der Waals surface area contributed by atoms with E-state index in [9.17, 15) is 4.79 Å². The monoisotopic (exact) mass is 300 g/mol. The normalized spacial score (nSPS) is 22.9. The largest absolute Gasteiger partial charge is 0.342 e. The first-order valence-electron chi connectivity index (χ1n) is 8.83. The number of benzene rings is 1. The van der Waals surface area contributed by atoms with E-state index in [1.165, 1.54) is 18.4 Å². The van der Waals surface area contributed by atoms with Crippen molar-refractivity contribution in [2.45, 2.75) is 38.5 Å². The third-order valence-electron chi connectivity index (χ3n) is 5.23. The van der Waals surface area contributed by atoms with Crippen molar-refractivity contribution in [3.05, 3.63) is 35.9 Å². The fourth-order valence-electron chi connectivity index (χ4n) is 3.83. The fraction of sp³-hybridized carbons (Fsp3) is 0.632. The second-order valence-corrected chi connectivity index (χ2v) is 6.92. The number of rotatable bonds is 5. The van der Waals surface area contributed by atoms with Gasteiger partial charge in [-0.2, -0.15) is 0 Å². The van der Waals surface area contributed by atoms with Gasteiger partial charge >= 0.3 is 0 Å². The molecule has 3 rings (SSSR count). The molecule has 0 aromatic heterocycles. The van der Waals surface area contributed by atoms with Crippen LogP contribution in [0.1, 0.15) is 37.7 Å². The topological polar surface area (TPSA) is 32.3 Å². The molecule has 1 N–H and O–H groups in total. The Morgan fingerprint density at radius 1 is 1.09 bits per heavy atom. The Hall–Kier alpha value is -1.35. The van der Waals surface area contributed by atoms with Crippen molar-refractivity contribution < 1.29 is 4.79 Å². The first-order valence-corrected chi connectivity index (χ1v) is 8.83. The second-order valence-electron chi connectivity index (χ2n) is 6.92. The highest BCUT2D eigenvalue weighted by molar-refractivity contribution is 5.76. The van der Waals surface area contributed by atoms with Gasteiger partial charge in [-0.25, -0.2) is 0 Å². The summed E-state index contributed by atoms with van der Waals surface area (Å²) in [5.74, 6) is 1.78. The third kappa shape index (κ3) is 4.33. The van der Waals surface area contributed by atoms with E-state index in [1.54, 1.807) is 0 Å². The zero-order valence-corrected chi connectivity index (χ0v) is 13.5. The van der Waals surface area contributed by atoms with Gasteiger partial charge in [0.2, 0.25) is 5.91 Å². The van der Waals surface area contributed by atoms with E-state index < -0.39 is 0 Å². The molecule has 2 aliphatic rings. The molecule has 2 fully saturated rings. The Labute approximate surface area is 134 Å². The highest BCUT2D eigenvalue weighted by Gasteiger charge is 2.26. The van der Waals surface area contributed by atoms with Crippen LogP contribution in [0.15, 0.2) is 30.3 Å². The molecule has 0 bridgehead atoms. The lowest BCUT2D eigenvalue weighted by molar-refractivity contribution is -0.130. The zero-order chi connectivity index (χ0) is 15.2. The van der Waals surface area contributed by atoms with E-state index in [0.717, 1.165) is 57.8 Å². The predicted molar refractivity (Wildman–Crippen MR) is 89.7 cm³/mol. The zero-order valence-electron chi connectivity index (χ0n) is 13.5. The molecule has 0 radical (unpaired) electrons. The van der Waals surface area contributed by atoms with Crippen molar-refractivity contribution in [2.75, 3.05) is 26.2 Å². The summed E-state index contributed by atoms with van der Waals surface area (Å²) in [6.07, 6.45) is 6.59. The maximum absolute atomic E-state index is 12.4. The van der Waals surface area contributed by atoms with Crippen LogP contribution in [0.3, 0.4) is 0 Å². The van der Waals surface area contributed by atoms with E-state index in [-0.39, 0.29) is 0 Å². The first-order chi connectivity index (χ1) is 10.8. The van der Waals surface area contributed by atoms with Gasteiger partial charge in [0, 0.05) is 19.5 Å². The third-order valence-corrected chi connectivity index (χ3v) is 5.23.